The second-order valence-electron chi connectivity index (χ2n) is 9.26. The summed E-state index contributed by atoms with van der Waals surface area (Å²) < 4.78 is 71.2. The van der Waals surface area contributed by atoms with Crippen molar-refractivity contribution >= 4 is 11.6 Å². The summed E-state index contributed by atoms with van der Waals surface area (Å²) >= 11 is 0. The highest BCUT2D eigenvalue weighted by atomic mass is 19.3. The van der Waals surface area contributed by atoms with E-state index in [4.69, 9.17) is 0 Å². The van der Waals surface area contributed by atoms with Gasteiger partial charge in [0.25, 0.3) is 24.3 Å². The van der Waals surface area contributed by atoms with Crippen molar-refractivity contribution in [1.29, 1.82) is 0 Å². The number of hydrogen-bond acceptors (Lipinski definition) is 4. The molecule has 4 rings (SSSR count). The molecule has 0 radical (unpaired) electrons. The molecule has 0 bridgehead atoms. The zero-order valence-electron chi connectivity index (χ0n) is 20.3. The minimum absolute atomic E-state index is 0.0753. The van der Waals surface area contributed by atoms with Crippen molar-refractivity contribution in [2.45, 2.75) is 57.2 Å². The third-order valence-corrected chi connectivity index (χ3v) is 6.72. The number of nitrogens with one attached hydrogen (secondary N) is 2. The minimum atomic E-state index is -3.04. The molecule has 1 saturated carbocycles. The molecule has 0 saturated heterocycles. The number of alkyl halides is 4. The third-order valence-electron chi connectivity index (χ3n) is 6.72. The normalized spacial score (nSPS) is 16.1. The van der Waals surface area contributed by atoms with Crippen LogP contribution in [0.15, 0.2) is 47.8 Å². The number of halogens is 5. The van der Waals surface area contributed by atoms with Gasteiger partial charge in [0.2, 0.25) is 0 Å². The molecule has 198 valence electrons. The Morgan fingerprint density at radius 3 is 2.35 bits per heavy atom. The van der Waals surface area contributed by atoms with Crippen LogP contribution in [0.25, 0.3) is 0 Å². The van der Waals surface area contributed by atoms with Gasteiger partial charge in [0, 0.05) is 24.9 Å². The SMILES string of the molecule is C[C@H](Nc1cc(=O)n(C2(C(F)F)CC2)cc1C(=O)N[C@H](C)c1cccc(C(F)F)c1F)c1cncn1C. The fraction of sp³-hybridized carbons (Fsp3) is 0.400. The Bertz CT molecular complexity index is 1370. The summed E-state index contributed by atoms with van der Waals surface area (Å²) in [5, 5.41) is 5.60. The smallest absolute Gasteiger partial charge is 0.266 e. The number of aryl methyl sites for hydroxylation is 1. The van der Waals surface area contributed by atoms with Crippen molar-refractivity contribution < 1.29 is 26.7 Å². The monoisotopic (exact) mass is 523 g/mol. The van der Waals surface area contributed by atoms with Crippen LogP contribution in [0.1, 0.15) is 72.4 Å². The van der Waals surface area contributed by atoms with Crippen LogP contribution in [-0.2, 0) is 12.6 Å². The number of rotatable bonds is 9. The maximum Gasteiger partial charge on any atom is 0.266 e. The van der Waals surface area contributed by atoms with Crippen LogP contribution in [-0.4, -0.2) is 26.5 Å². The van der Waals surface area contributed by atoms with Gasteiger partial charge < -0.3 is 19.8 Å². The van der Waals surface area contributed by atoms with E-state index < -0.39 is 53.3 Å². The van der Waals surface area contributed by atoms with Gasteiger partial charge >= 0.3 is 0 Å². The van der Waals surface area contributed by atoms with E-state index in [0.717, 1.165) is 28.6 Å². The molecule has 2 heterocycles. The predicted octanol–water partition coefficient (Wildman–Crippen LogP) is 5.08. The summed E-state index contributed by atoms with van der Waals surface area (Å²) in [6, 6.07) is 3.08. The van der Waals surface area contributed by atoms with Crippen molar-refractivity contribution in [1.82, 2.24) is 19.4 Å². The maximum atomic E-state index is 14.7. The Labute approximate surface area is 209 Å². The topological polar surface area (TPSA) is 81.0 Å². The number of anilines is 1. The molecule has 1 aromatic carbocycles. The number of aromatic nitrogens is 3. The van der Waals surface area contributed by atoms with Gasteiger partial charge in [-0.25, -0.2) is 26.9 Å². The second-order valence-corrected chi connectivity index (χ2v) is 9.26. The Morgan fingerprint density at radius 2 is 1.78 bits per heavy atom. The molecule has 0 aliphatic heterocycles. The number of carbonyl (C=O) groups is 1. The highest BCUT2D eigenvalue weighted by Gasteiger charge is 2.53. The van der Waals surface area contributed by atoms with E-state index in [9.17, 15) is 31.5 Å². The van der Waals surface area contributed by atoms with Crippen LogP contribution >= 0.6 is 0 Å². The number of pyridine rings is 1. The molecule has 0 spiro atoms. The van der Waals surface area contributed by atoms with E-state index in [1.165, 1.54) is 19.1 Å². The molecule has 1 aliphatic carbocycles. The molecule has 1 fully saturated rings. The Hall–Kier alpha value is -3.70. The summed E-state index contributed by atoms with van der Waals surface area (Å²) in [4.78, 5) is 30.2. The van der Waals surface area contributed by atoms with E-state index in [1.807, 2.05) is 0 Å². The summed E-state index contributed by atoms with van der Waals surface area (Å²) in [5.41, 5.74) is -2.69. The Balaban J connectivity index is 1.71. The van der Waals surface area contributed by atoms with Crippen molar-refractivity contribution in [2.75, 3.05) is 5.32 Å². The standard InChI is InChI=1S/C25H26F5N5O2/c1-13(15-5-4-6-16(21(15)26)22(27)28)33-23(37)17-11-35(25(7-8-25)24(29)30)20(36)9-18(17)32-14(2)19-10-31-12-34(19)3/h4-6,9-14,22,24,32H,7-8H2,1-3H3,(H,33,37)/t13-,14+/m1/s1. The average molecular weight is 524 g/mol. The van der Waals surface area contributed by atoms with E-state index in [1.54, 1.807) is 31.1 Å². The van der Waals surface area contributed by atoms with E-state index in [-0.39, 0.29) is 29.7 Å². The van der Waals surface area contributed by atoms with Crippen LogP contribution in [0.5, 0.6) is 0 Å². The largest absolute Gasteiger partial charge is 0.376 e. The van der Waals surface area contributed by atoms with Crippen LogP contribution < -0.4 is 16.2 Å². The fourth-order valence-corrected chi connectivity index (χ4v) is 4.39. The lowest BCUT2D eigenvalue weighted by molar-refractivity contribution is 0.0648. The molecule has 0 unspecified atom stereocenters. The van der Waals surface area contributed by atoms with Crippen LogP contribution in [0.3, 0.4) is 0 Å². The van der Waals surface area contributed by atoms with Crippen molar-refractivity contribution in [3.63, 3.8) is 0 Å². The lowest BCUT2D eigenvalue weighted by atomic mass is 10.0. The summed E-state index contributed by atoms with van der Waals surface area (Å²) in [5.74, 6) is -1.94. The highest BCUT2D eigenvalue weighted by Crippen LogP contribution is 2.48. The first-order chi connectivity index (χ1) is 17.5. The summed E-state index contributed by atoms with van der Waals surface area (Å²) in [6.45, 7) is 3.17. The molecule has 2 N–H and O–H groups in total. The third kappa shape index (κ3) is 4.96. The lowest BCUT2D eigenvalue weighted by Crippen LogP contribution is -2.37. The van der Waals surface area contributed by atoms with E-state index >= 15 is 0 Å². The van der Waals surface area contributed by atoms with Gasteiger partial charge in [0.1, 0.15) is 11.4 Å². The molecular formula is C25H26F5N5O2. The quantitative estimate of drug-likeness (QED) is 0.384. The van der Waals surface area contributed by atoms with E-state index in [2.05, 4.69) is 15.6 Å². The van der Waals surface area contributed by atoms with Crippen LogP contribution in [0.2, 0.25) is 0 Å². The number of benzene rings is 1. The Kier molecular flexibility index (Phi) is 7.11. The Morgan fingerprint density at radius 1 is 1.11 bits per heavy atom. The minimum Gasteiger partial charge on any atom is -0.376 e. The average Bonchev–Trinajstić information content (AvgIpc) is 3.53. The number of amides is 1. The molecule has 1 aliphatic rings. The molecular weight excluding hydrogens is 497 g/mol. The molecule has 1 amide bonds. The highest BCUT2D eigenvalue weighted by molar-refractivity contribution is 5.99. The van der Waals surface area contributed by atoms with Gasteiger partial charge in [-0.05, 0) is 26.7 Å². The summed E-state index contributed by atoms with van der Waals surface area (Å²) in [6.07, 6.45) is -1.47. The number of hydrogen-bond donors (Lipinski definition) is 2. The summed E-state index contributed by atoms with van der Waals surface area (Å²) in [7, 11) is 1.76. The van der Waals surface area contributed by atoms with Crippen molar-refractivity contribution in [3.05, 3.63) is 81.5 Å². The molecule has 7 nitrogen and oxygen atoms in total. The van der Waals surface area contributed by atoms with E-state index in [0.29, 0.717) is 0 Å². The first-order valence-corrected chi connectivity index (χ1v) is 11.6. The van der Waals surface area contributed by atoms with Crippen LogP contribution in [0.4, 0.5) is 27.6 Å². The lowest BCUT2D eigenvalue weighted by Gasteiger charge is -2.23. The van der Waals surface area contributed by atoms with Gasteiger partial charge in [0.05, 0.1) is 47.1 Å². The first kappa shape index (κ1) is 26.4. The van der Waals surface area contributed by atoms with Crippen molar-refractivity contribution in [3.8, 4) is 0 Å². The van der Waals surface area contributed by atoms with Gasteiger partial charge in [-0.1, -0.05) is 18.2 Å². The molecule has 12 heteroatoms. The number of nitrogens with zero attached hydrogens (tertiary/aromatic N) is 3. The van der Waals surface area contributed by atoms with Gasteiger partial charge in [0.15, 0.2) is 0 Å². The number of carbonyl (C=O) groups excluding carboxylic acids is 1. The molecule has 2 atom stereocenters. The maximum absolute atomic E-state index is 14.7. The van der Waals surface area contributed by atoms with Gasteiger partial charge in [-0.15, -0.1) is 0 Å². The number of imidazole rings is 1. The van der Waals surface area contributed by atoms with Crippen LogP contribution in [0, 0.1) is 5.82 Å². The zero-order valence-corrected chi connectivity index (χ0v) is 20.3. The zero-order chi connectivity index (χ0) is 27.1. The fourth-order valence-electron chi connectivity index (χ4n) is 4.39. The first-order valence-electron chi connectivity index (χ1n) is 11.6. The molecule has 3 aromatic rings. The second kappa shape index (κ2) is 9.98. The van der Waals surface area contributed by atoms with Gasteiger partial charge in [-0.2, -0.15) is 0 Å². The molecule has 37 heavy (non-hydrogen) atoms. The van der Waals surface area contributed by atoms with Gasteiger partial charge in [-0.3, -0.25) is 9.59 Å². The van der Waals surface area contributed by atoms with Crippen molar-refractivity contribution in [2.24, 2.45) is 7.05 Å². The predicted molar refractivity (Wildman–Crippen MR) is 126 cm³/mol. The molecule has 2 aromatic heterocycles.